The molecule has 88 valence electrons. The molecular weight excluding hydrogens is 210 g/mol. The first-order chi connectivity index (χ1) is 6.84. The van der Waals surface area contributed by atoms with E-state index in [-0.39, 0.29) is 5.92 Å². The molecule has 0 rings (SSSR count). The van der Waals surface area contributed by atoms with E-state index in [1.165, 1.54) is 0 Å². The summed E-state index contributed by atoms with van der Waals surface area (Å²) in [6, 6.07) is -1.99. The summed E-state index contributed by atoms with van der Waals surface area (Å²) >= 11 is 0. The molecule has 0 radical (unpaired) electrons. The van der Waals surface area contributed by atoms with Crippen LogP contribution in [0.4, 0.5) is 13.6 Å². The molecule has 0 heterocycles. The van der Waals surface area contributed by atoms with Gasteiger partial charge in [0.25, 0.3) is 6.43 Å². The Morgan fingerprint density at radius 2 is 1.87 bits per heavy atom. The van der Waals surface area contributed by atoms with Crippen LogP contribution in [0, 0.1) is 5.92 Å². The van der Waals surface area contributed by atoms with Crippen molar-refractivity contribution in [3.63, 3.8) is 0 Å². The number of carboxylic acid groups (broad SMARTS) is 1. The Balaban J connectivity index is 4.07. The van der Waals surface area contributed by atoms with Gasteiger partial charge < -0.3 is 15.7 Å². The number of carboxylic acids is 1. The van der Waals surface area contributed by atoms with Crippen molar-refractivity contribution < 1.29 is 23.5 Å². The Bertz CT molecular complexity index is 234. The van der Waals surface area contributed by atoms with Crippen LogP contribution >= 0.6 is 0 Å². The largest absolute Gasteiger partial charge is 0.480 e. The zero-order valence-corrected chi connectivity index (χ0v) is 8.46. The summed E-state index contributed by atoms with van der Waals surface area (Å²) in [7, 11) is 0. The molecule has 0 fully saturated rings. The third-order valence-corrected chi connectivity index (χ3v) is 1.64. The molecule has 0 spiro atoms. The van der Waals surface area contributed by atoms with E-state index >= 15 is 0 Å². The van der Waals surface area contributed by atoms with Gasteiger partial charge in [0.1, 0.15) is 6.04 Å². The maximum atomic E-state index is 11.7. The summed E-state index contributed by atoms with van der Waals surface area (Å²) in [5.41, 5.74) is 0. The number of urea groups is 1. The number of amides is 2. The minimum absolute atomic E-state index is 0.320. The zero-order valence-electron chi connectivity index (χ0n) is 8.46. The second-order valence-electron chi connectivity index (χ2n) is 3.31. The van der Waals surface area contributed by atoms with E-state index in [0.29, 0.717) is 0 Å². The quantitative estimate of drug-likeness (QED) is 0.641. The second kappa shape index (κ2) is 6.15. The Labute approximate surface area is 85.8 Å². The lowest BCUT2D eigenvalue weighted by molar-refractivity contribution is -0.140. The van der Waals surface area contributed by atoms with Crippen LogP contribution in [0.15, 0.2) is 0 Å². The van der Waals surface area contributed by atoms with Gasteiger partial charge in [-0.05, 0) is 5.92 Å². The smallest absolute Gasteiger partial charge is 0.326 e. The molecule has 0 aromatic heterocycles. The number of alkyl halides is 2. The third kappa shape index (κ3) is 5.82. The predicted octanol–water partition coefficient (Wildman–Crippen LogP) is 0.660. The van der Waals surface area contributed by atoms with Gasteiger partial charge >= 0.3 is 12.0 Å². The number of carbonyl (C=O) groups excluding carboxylic acids is 1. The highest BCUT2D eigenvalue weighted by Crippen LogP contribution is 2.01. The van der Waals surface area contributed by atoms with Crippen molar-refractivity contribution in [1.82, 2.24) is 10.6 Å². The van der Waals surface area contributed by atoms with Crippen molar-refractivity contribution in [2.45, 2.75) is 26.3 Å². The summed E-state index contributed by atoms with van der Waals surface area (Å²) < 4.78 is 23.4. The number of hydrogen-bond acceptors (Lipinski definition) is 2. The first-order valence-corrected chi connectivity index (χ1v) is 4.40. The molecule has 0 saturated heterocycles. The first-order valence-electron chi connectivity index (χ1n) is 4.40. The molecule has 7 heteroatoms. The highest BCUT2D eigenvalue weighted by Gasteiger charge is 2.23. The molecule has 2 amide bonds. The van der Waals surface area contributed by atoms with E-state index < -0.39 is 31.0 Å². The Morgan fingerprint density at radius 1 is 1.33 bits per heavy atom. The van der Waals surface area contributed by atoms with Crippen molar-refractivity contribution in [2.24, 2.45) is 5.92 Å². The number of aliphatic carboxylic acids is 1. The van der Waals surface area contributed by atoms with Gasteiger partial charge in [0.2, 0.25) is 0 Å². The van der Waals surface area contributed by atoms with Crippen LogP contribution in [0.25, 0.3) is 0 Å². The van der Waals surface area contributed by atoms with Crippen molar-refractivity contribution >= 4 is 12.0 Å². The normalized spacial score (nSPS) is 12.7. The Hall–Kier alpha value is -1.40. The monoisotopic (exact) mass is 224 g/mol. The van der Waals surface area contributed by atoms with Crippen LogP contribution in [0.2, 0.25) is 0 Å². The topological polar surface area (TPSA) is 78.4 Å². The standard InChI is InChI=1S/C8H14F2N2O3/c1-4(2)6(7(13)14)12-8(15)11-3-5(9)10/h4-6H,3H2,1-2H3,(H,13,14)(H2,11,12,15). The number of nitrogens with one attached hydrogen (secondary N) is 2. The van der Waals surface area contributed by atoms with Crippen molar-refractivity contribution in [3.8, 4) is 0 Å². The maximum absolute atomic E-state index is 11.7. The van der Waals surface area contributed by atoms with E-state index in [9.17, 15) is 18.4 Å². The van der Waals surface area contributed by atoms with Gasteiger partial charge in [-0.2, -0.15) is 0 Å². The predicted molar refractivity (Wildman–Crippen MR) is 48.8 cm³/mol. The molecule has 0 saturated carbocycles. The lowest BCUT2D eigenvalue weighted by Gasteiger charge is -2.18. The van der Waals surface area contributed by atoms with Crippen LogP contribution in [-0.4, -0.2) is 36.1 Å². The summed E-state index contributed by atoms with van der Waals surface area (Å²) in [6.45, 7) is 2.41. The highest BCUT2D eigenvalue weighted by atomic mass is 19.3. The number of carbonyl (C=O) groups is 2. The maximum Gasteiger partial charge on any atom is 0.326 e. The molecule has 0 aromatic carbocycles. The number of halogens is 2. The molecule has 5 nitrogen and oxygen atoms in total. The average molecular weight is 224 g/mol. The zero-order chi connectivity index (χ0) is 12.0. The SMILES string of the molecule is CC(C)C(NC(=O)NCC(F)F)C(=O)O. The molecule has 0 bridgehead atoms. The van der Waals surface area contributed by atoms with E-state index in [1.54, 1.807) is 13.8 Å². The average Bonchev–Trinajstić information content (AvgIpc) is 2.09. The van der Waals surface area contributed by atoms with Crippen LogP contribution < -0.4 is 10.6 Å². The molecule has 1 unspecified atom stereocenters. The molecule has 0 aliphatic heterocycles. The Morgan fingerprint density at radius 3 is 2.20 bits per heavy atom. The van der Waals surface area contributed by atoms with Gasteiger partial charge in [-0.25, -0.2) is 18.4 Å². The summed E-state index contributed by atoms with van der Waals surface area (Å²) in [5.74, 6) is -1.52. The van der Waals surface area contributed by atoms with Gasteiger partial charge in [0.15, 0.2) is 0 Å². The second-order valence-corrected chi connectivity index (χ2v) is 3.31. The van der Waals surface area contributed by atoms with Gasteiger partial charge in [-0.3, -0.25) is 0 Å². The minimum atomic E-state index is -2.65. The molecule has 0 aromatic rings. The Kier molecular flexibility index (Phi) is 5.58. The minimum Gasteiger partial charge on any atom is -0.480 e. The fourth-order valence-corrected chi connectivity index (χ4v) is 0.876. The molecule has 0 aliphatic carbocycles. The summed E-state index contributed by atoms with van der Waals surface area (Å²) in [6.07, 6.45) is -2.65. The first kappa shape index (κ1) is 13.6. The molecular formula is C8H14F2N2O3. The van der Waals surface area contributed by atoms with Crippen molar-refractivity contribution in [1.29, 1.82) is 0 Å². The van der Waals surface area contributed by atoms with Gasteiger partial charge in [0.05, 0.1) is 6.54 Å². The fraction of sp³-hybridized carbons (Fsp3) is 0.750. The van der Waals surface area contributed by atoms with Gasteiger partial charge in [-0.15, -0.1) is 0 Å². The summed E-state index contributed by atoms with van der Waals surface area (Å²) in [4.78, 5) is 21.6. The third-order valence-electron chi connectivity index (χ3n) is 1.64. The van der Waals surface area contributed by atoms with Crippen LogP contribution in [0.1, 0.15) is 13.8 Å². The van der Waals surface area contributed by atoms with E-state index in [1.807, 2.05) is 5.32 Å². The van der Waals surface area contributed by atoms with E-state index in [0.717, 1.165) is 0 Å². The van der Waals surface area contributed by atoms with Gasteiger partial charge in [-0.1, -0.05) is 13.8 Å². The van der Waals surface area contributed by atoms with Crippen molar-refractivity contribution in [2.75, 3.05) is 6.54 Å². The lowest BCUT2D eigenvalue weighted by Crippen LogP contribution is -2.49. The molecule has 3 N–H and O–H groups in total. The van der Waals surface area contributed by atoms with Crippen LogP contribution in [0.3, 0.4) is 0 Å². The van der Waals surface area contributed by atoms with Crippen molar-refractivity contribution in [3.05, 3.63) is 0 Å². The number of rotatable bonds is 5. The fourth-order valence-electron chi connectivity index (χ4n) is 0.876. The molecule has 1 atom stereocenters. The van der Waals surface area contributed by atoms with Crippen LogP contribution in [-0.2, 0) is 4.79 Å². The number of hydrogen-bond donors (Lipinski definition) is 3. The highest BCUT2D eigenvalue weighted by molar-refractivity contribution is 5.82. The van der Waals surface area contributed by atoms with E-state index in [2.05, 4.69) is 5.32 Å². The van der Waals surface area contributed by atoms with E-state index in [4.69, 9.17) is 5.11 Å². The molecule has 0 aliphatic rings. The van der Waals surface area contributed by atoms with Crippen LogP contribution in [0.5, 0.6) is 0 Å². The lowest BCUT2D eigenvalue weighted by atomic mass is 10.1. The summed E-state index contributed by atoms with van der Waals surface area (Å²) in [5, 5.41) is 12.6. The molecule has 15 heavy (non-hydrogen) atoms. The van der Waals surface area contributed by atoms with Gasteiger partial charge in [0, 0.05) is 0 Å².